The van der Waals surface area contributed by atoms with E-state index in [1.807, 2.05) is 40.7 Å². The van der Waals surface area contributed by atoms with E-state index in [2.05, 4.69) is 19.9 Å². The molecular weight excluding hydrogens is 617 g/mol. The van der Waals surface area contributed by atoms with Crippen LogP contribution in [0.15, 0.2) is 23.8 Å². The quantitative estimate of drug-likeness (QED) is 0.105. The highest BCUT2D eigenvalue weighted by Crippen LogP contribution is 2.75. The van der Waals surface area contributed by atoms with Crippen molar-refractivity contribution in [2.45, 2.75) is 87.0 Å². The number of halogens is 5. The molecule has 0 aromatic heterocycles. The van der Waals surface area contributed by atoms with Gasteiger partial charge in [-0.3, -0.25) is 14.4 Å². The Morgan fingerprint density at radius 3 is 2.02 bits per heavy atom. The van der Waals surface area contributed by atoms with E-state index in [9.17, 15) is 41.6 Å². The van der Waals surface area contributed by atoms with Gasteiger partial charge in [0.25, 0.3) is 0 Å². The molecule has 0 heterocycles. The third-order valence-corrected chi connectivity index (χ3v) is 13.9. The number of nitrogens with zero attached hydrogens (tertiary/aromatic N) is 1. The molecule has 6 rings (SSSR count). The largest absolute Gasteiger partial charge is 0.420 e. The lowest BCUT2D eigenvalue weighted by Gasteiger charge is -2.69. The maximum absolute atomic E-state index is 14.8. The summed E-state index contributed by atoms with van der Waals surface area (Å²) in [4.78, 5) is 41.9. The van der Waals surface area contributed by atoms with Gasteiger partial charge in [-0.05, 0) is 72.8 Å². The van der Waals surface area contributed by atoms with Crippen LogP contribution in [0.3, 0.4) is 0 Å². The van der Waals surface area contributed by atoms with Gasteiger partial charge in [-0.25, -0.2) is 13.2 Å². The lowest BCUT2D eigenvalue weighted by molar-refractivity contribution is -0.194. The average Bonchev–Trinajstić information content (AvgIpc) is 3.00. The highest BCUT2D eigenvalue weighted by Gasteiger charge is 2.72. The van der Waals surface area contributed by atoms with Crippen molar-refractivity contribution >= 4 is 17.5 Å². The Labute approximate surface area is 271 Å². The fraction of sp³-hybridized carbons (Fsp3) is 0.622. The van der Waals surface area contributed by atoms with Gasteiger partial charge in [-0.15, -0.1) is 0 Å². The smallest absolute Gasteiger partial charge is 0.318 e. The molecule has 1 unspecified atom stereocenters. The molecule has 0 bridgehead atoms. The van der Waals surface area contributed by atoms with E-state index in [0.717, 1.165) is 5.57 Å². The van der Waals surface area contributed by atoms with Crippen LogP contribution in [0.4, 0.5) is 22.0 Å². The fourth-order valence-corrected chi connectivity index (χ4v) is 10.8. The minimum atomic E-state index is -2.37. The van der Waals surface area contributed by atoms with Gasteiger partial charge in [-0.2, -0.15) is 14.0 Å². The van der Waals surface area contributed by atoms with Gasteiger partial charge in [0.15, 0.2) is 11.6 Å². The number of hydrogen-bond acceptors (Lipinski definition) is 5. The molecule has 47 heavy (non-hydrogen) atoms. The highest BCUT2D eigenvalue weighted by atomic mass is 19.2. The summed E-state index contributed by atoms with van der Waals surface area (Å²) in [5.74, 6) is -17.3. The number of carbonyl (C=O) groups is 3. The summed E-state index contributed by atoms with van der Waals surface area (Å²) in [6.07, 6.45) is 7.36. The first-order valence-corrected chi connectivity index (χ1v) is 16.3. The van der Waals surface area contributed by atoms with Crippen molar-refractivity contribution in [3.8, 4) is 11.8 Å². The van der Waals surface area contributed by atoms with Crippen LogP contribution >= 0.6 is 0 Å². The average molecular weight is 658 g/mol. The molecule has 1 aromatic rings. The van der Waals surface area contributed by atoms with Gasteiger partial charge in [-0.1, -0.05) is 60.1 Å². The summed E-state index contributed by atoms with van der Waals surface area (Å²) in [7, 11) is 0. The van der Waals surface area contributed by atoms with Crippen LogP contribution in [0.5, 0.6) is 5.75 Å². The molecule has 252 valence electrons. The molecule has 5 nitrogen and oxygen atoms in total. The van der Waals surface area contributed by atoms with Crippen molar-refractivity contribution in [3.63, 3.8) is 0 Å². The molecule has 1 aromatic carbocycles. The summed E-state index contributed by atoms with van der Waals surface area (Å²) in [6.45, 7) is 13.8. The molecule has 5 aliphatic rings. The van der Waals surface area contributed by atoms with Crippen LogP contribution in [0.2, 0.25) is 0 Å². The minimum Gasteiger partial charge on any atom is -0.420 e. The van der Waals surface area contributed by atoms with Crippen LogP contribution < -0.4 is 4.74 Å². The van der Waals surface area contributed by atoms with Crippen molar-refractivity contribution < 1.29 is 41.1 Å². The zero-order chi connectivity index (χ0) is 34.9. The Kier molecular flexibility index (Phi) is 7.20. The van der Waals surface area contributed by atoms with E-state index in [0.29, 0.717) is 25.7 Å². The monoisotopic (exact) mass is 657 g/mol. The standard InChI is InChI=1S/C37H40F5NO4/c1-32(2)12-14-37(31(46)47-30-28(41)26(39)25(38)27(40)29(30)42)15-13-36(7)24(23(37)18(32)17-43)19(44)16-21-34(5)10-9-22(45)33(3,4)20(34)8-11-35(21,36)6/h9-10,16,18,20,23-24H,8,11-15H2,1-7H3/t18?,20-,23-,24+,34-,35+,36+,37-/m0/s1. The van der Waals surface area contributed by atoms with E-state index in [1.165, 1.54) is 0 Å². The number of fused-ring (bicyclic) bond motifs is 7. The number of allylic oxidation sites excluding steroid dienone is 4. The Morgan fingerprint density at radius 1 is 0.851 bits per heavy atom. The first kappa shape index (κ1) is 33.5. The molecule has 3 saturated carbocycles. The molecule has 0 saturated heterocycles. The Hall–Kier alpha value is -3.35. The zero-order valence-corrected chi connectivity index (χ0v) is 27.8. The summed E-state index contributed by atoms with van der Waals surface area (Å²) in [6, 6.07) is 2.36. The van der Waals surface area contributed by atoms with Crippen molar-refractivity contribution in [2.75, 3.05) is 0 Å². The first-order valence-electron chi connectivity index (χ1n) is 16.3. The number of ether oxygens (including phenoxy) is 1. The predicted molar refractivity (Wildman–Crippen MR) is 161 cm³/mol. The fourth-order valence-electron chi connectivity index (χ4n) is 10.8. The van der Waals surface area contributed by atoms with E-state index in [-0.39, 0.29) is 30.3 Å². The van der Waals surface area contributed by atoms with Gasteiger partial charge in [0, 0.05) is 22.7 Å². The Balaban J connectivity index is 1.52. The van der Waals surface area contributed by atoms with Gasteiger partial charge < -0.3 is 4.74 Å². The van der Waals surface area contributed by atoms with Crippen molar-refractivity contribution in [1.82, 2.24) is 0 Å². The van der Waals surface area contributed by atoms with Gasteiger partial charge in [0.1, 0.15) is 0 Å². The SMILES string of the molecule is CC1(C)CC[C@]2(C(=O)Oc3c(F)c(F)c(F)c(F)c3F)CC[C@]3(C)[C@H](C(=O)C=C4[C@@]5(C)C=CC(=O)C(C)(C)[C@@H]5CC[C@]43C)[C@@H]2C1C#N. The van der Waals surface area contributed by atoms with Crippen molar-refractivity contribution in [2.24, 2.45) is 56.2 Å². The third kappa shape index (κ3) is 4.07. The first-order chi connectivity index (χ1) is 21.7. The lowest BCUT2D eigenvalue weighted by Crippen LogP contribution is -2.67. The van der Waals surface area contributed by atoms with Crippen molar-refractivity contribution in [1.29, 1.82) is 5.26 Å². The molecule has 0 amide bonds. The van der Waals surface area contributed by atoms with E-state index in [4.69, 9.17) is 4.74 Å². The number of esters is 1. The van der Waals surface area contributed by atoms with Gasteiger partial charge in [0.05, 0.1) is 17.4 Å². The molecular formula is C37H40F5NO4. The number of ketones is 2. The summed E-state index contributed by atoms with van der Waals surface area (Å²) >= 11 is 0. The number of benzene rings is 1. The van der Waals surface area contributed by atoms with Crippen LogP contribution in [0.25, 0.3) is 0 Å². The van der Waals surface area contributed by atoms with E-state index < -0.39 is 91.0 Å². The second kappa shape index (κ2) is 10.1. The van der Waals surface area contributed by atoms with Crippen molar-refractivity contribution in [3.05, 3.63) is 52.9 Å². The number of hydrogen-bond donors (Lipinski definition) is 0. The van der Waals surface area contributed by atoms with Crippen LogP contribution in [-0.2, 0) is 14.4 Å². The maximum atomic E-state index is 14.8. The van der Waals surface area contributed by atoms with Crippen LogP contribution in [0, 0.1) is 96.6 Å². The normalized spacial score (nSPS) is 39.9. The second-order valence-corrected chi connectivity index (χ2v) is 16.5. The topological polar surface area (TPSA) is 84.2 Å². The lowest BCUT2D eigenvalue weighted by atomic mass is 9.33. The molecule has 0 N–H and O–H groups in total. The number of rotatable bonds is 2. The van der Waals surface area contributed by atoms with E-state index >= 15 is 0 Å². The second-order valence-electron chi connectivity index (χ2n) is 16.5. The Bertz CT molecular complexity index is 1710. The maximum Gasteiger partial charge on any atom is 0.318 e. The van der Waals surface area contributed by atoms with Crippen LogP contribution in [0.1, 0.15) is 87.0 Å². The Morgan fingerprint density at radius 2 is 1.43 bits per heavy atom. The van der Waals surface area contributed by atoms with Crippen LogP contribution in [-0.4, -0.2) is 17.5 Å². The third-order valence-electron chi connectivity index (χ3n) is 13.9. The van der Waals surface area contributed by atoms with Gasteiger partial charge in [0.2, 0.25) is 34.8 Å². The summed E-state index contributed by atoms with van der Waals surface area (Å²) < 4.78 is 76.7. The predicted octanol–water partition coefficient (Wildman–Crippen LogP) is 8.36. The molecule has 5 aliphatic carbocycles. The van der Waals surface area contributed by atoms with E-state index in [1.54, 1.807) is 12.2 Å². The summed E-state index contributed by atoms with van der Waals surface area (Å²) in [5.41, 5.74) is -3.97. The molecule has 8 atom stereocenters. The highest BCUT2D eigenvalue weighted by molar-refractivity contribution is 5.98. The zero-order valence-electron chi connectivity index (χ0n) is 27.8. The molecule has 0 aliphatic heterocycles. The number of carbonyl (C=O) groups excluding carboxylic acids is 3. The molecule has 10 heteroatoms. The molecule has 0 radical (unpaired) electrons. The molecule has 3 fully saturated rings. The van der Waals surface area contributed by atoms with Gasteiger partial charge >= 0.3 is 5.97 Å². The minimum absolute atomic E-state index is 0.0338. The molecule has 0 spiro atoms. The summed E-state index contributed by atoms with van der Waals surface area (Å²) in [5, 5.41) is 10.6. The number of nitriles is 1.